The van der Waals surface area contributed by atoms with Crippen LogP contribution in [0, 0.1) is 0 Å². The van der Waals surface area contributed by atoms with Crippen LogP contribution in [-0.4, -0.2) is 11.9 Å². The molecule has 0 atom stereocenters. The number of para-hydroxylation sites is 1. The Bertz CT molecular complexity index is 1090. The van der Waals surface area contributed by atoms with Crippen LogP contribution < -0.4 is 31.1 Å². The summed E-state index contributed by atoms with van der Waals surface area (Å²) in [6, 6.07) is 39.5. The van der Waals surface area contributed by atoms with Gasteiger partial charge in [-0.1, -0.05) is 66.7 Å². The molecule has 0 aliphatic carbocycles. The number of benzene rings is 4. The number of hydrogen-bond donors (Lipinski definition) is 0. The first-order valence-electron chi connectivity index (χ1n) is 10.5. The normalized spacial score (nSPS) is 10.5. The van der Waals surface area contributed by atoms with Crippen LogP contribution in [0.25, 0.3) is 0 Å². The van der Waals surface area contributed by atoms with E-state index < -0.39 is 13.2 Å². The maximum absolute atomic E-state index is 11.9. The van der Waals surface area contributed by atoms with Crippen molar-refractivity contribution in [1.29, 1.82) is 0 Å². The molecule has 0 fully saturated rings. The van der Waals surface area contributed by atoms with E-state index in [1.807, 2.05) is 36.4 Å². The maximum Gasteiger partial charge on any atom is 0.308 e. The van der Waals surface area contributed by atoms with Gasteiger partial charge in [-0.25, -0.2) is 0 Å². The SMILES string of the molecule is CC(=O)Oc1ccccc1[P+](c1ccccc1)(c1ccccc1)c1ccccc1.CC(=O)[O-]. The van der Waals surface area contributed by atoms with Crippen molar-refractivity contribution >= 4 is 40.4 Å². The molecule has 4 rings (SSSR count). The van der Waals surface area contributed by atoms with Gasteiger partial charge < -0.3 is 14.6 Å². The van der Waals surface area contributed by atoms with Crippen LogP contribution in [0.4, 0.5) is 0 Å². The van der Waals surface area contributed by atoms with Gasteiger partial charge in [-0.05, 0) is 55.5 Å². The molecule has 0 heterocycles. The molecule has 0 aliphatic heterocycles. The number of hydrogen-bond acceptors (Lipinski definition) is 4. The zero-order chi connectivity index (χ0) is 23.7. The third kappa shape index (κ3) is 5.54. The molecule has 0 spiro atoms. The van der Waals surface area contributed by atoms with E-state index in [2.05, 4.69) is 78.9 Å². The van der Waals surface area contributed by atoms with Crippen LogP contribution in [0.5, 0.6) is 5.75 Å². The summed E-state index contributed by atoms with van der Waals surface area (Å²) in [5.41, 5.74) is 0. The Morgan fingerprint density at radius 3 is 1.30 bits per heavy atom. The molecule has 0 radical (unpaired) electrons. The van der Waals surface area contributed by atoms with E-state index in [9.17, 15) is 4.79 Å². The Hall–Kier alpha value is -3.75. The van der Waals surface area contributed by atoms with Crippen LogP contribution in [0.2, 0.25) is 0 Å². The highest BCUT2D eigenvalue weighted by atomic mass is 31.2. The second-order valence-electron chi connectivity index (χ2n) is 7.23. The molecule has 5 heteroatoms. The zero-order valence-corrected chi connectivity index (χ0v) is 19.4. The van der Waals surface area contributed by atoms with E-state index >= 15 is 0 Å². The predicted octanol–water partition coefficient (Wildman–Crippen LogP) is 2.99. The molecule has 4 aromatic carbocycles. The number of carbonyl (C=O) groups is 2. The van der Waals surface area contributed by atoms with E-state index in [-0.39, 0.29) is 5.97 Å². The molecule has 4 nitrogen and oxygen atoms in total. The van der Waals surface area contributed by atoms with Crippen LogP contribution in [0.1, 0.15) is 13.8 Å². The number of carboxylic acid groups (broad SMARTS) is 1. The molecule has 0 bridgehead atoms. The minimum absolute atomic E-state index is 0.315. The number of rotatable bonds is 5. The highest BCUT2D eigenvalue weighted by molar-refractivity contribution is 8.01. The number of esters is 1. The highest BCUT2D eigenvalue weighted by Gasteiger charge is 2.49. The van der Waals surface area contributed by atoms with Gasteiger partial charge in [-0.3, -0.25) is 4.79 Å². The molecule has 0 N–H and O–H groups in total. The van der Waals surface area contributed by atoms with Crippen molar-refractivity contribution in [2.75, 3.05) is 0 Å². The molecular weight excluding hydrogens is 431 g/mol. The van der Waals surface area contributed by atoms with E-state index in [0.29, 0.717) is 5.75 Å². The number of ether oxygens (including phenoxy) is 1. The van der Waals surface area contributed by atoms with Crippen molar-refractivity contribution in [3.63, 3.8) is 0 Å². The molecule has 0 aliphatic rings. The molecule has 4 aromatic rings. The Balaban J connectivity index is 0.000000709. The van der Waals surface area contributed by atoms with Crippen LogP contribution in [-0.2, 0) is 9.59 Å². The van der Waals surface area contributed by atoms with Gasteiger partial charge in [0.05, 0.1) is 0 Å². The molecule has 166 valence electrons. The average molecular weight is 456 g/mol. The van der Waals surface area contributed by atoms with Crippen LogP contribution in [0.15, 0.2) is 115 Å². The molecule has 33 heavy (non-hydrogen) atoms. The quantitative estimate of drug-likeness (QED) is 0.263. The summed E-state index contributed by atoms with van der Waals surface area (Å²) in [5.74, 6) is -0.783. The summed E-state index contributed by atoms with van der Waals surface area (Å²) in [6.45, 7) is 2.42. The van der Waals surface area contributed by atoms with Crippen molar-refractivity contribution in [2.45, 2.75) is 13.8 Å². The maximum atomic E-state index is 11.9. The highest BCUT2D eigenvalue weighted by Crippen LogP contribution is 2.56. The van der Waals surface area contributed by atoms with Gasteiger partial charge in [0.15, 0.2) is 11.1 Å². The smallest absolute Gasteiger partial charge is 0.308 e. The second kappa shape index (κ2) is 11.2. The predicted molar refractivity (Wildman–Crippen MR) is 133 cm³/mol. The summed E-state index contributed by atoms with van der Waals surface area (Å²) < 4.78 is 5.70. The molecule has 0 saturated carbocycles. The fourth-order valence-corrected chi connectivity index (χ4v) is 8.14. The van der Waals surface area contributed by atoms with Gasteiger partial charge in [0, 0.05) is 12.9 Å². The lowest BCUT2D eigenvalue weighted by Gasteiger charge is -2.28. The van der Waals surface area contributed by atoms with Crippen molar-refractivity contribution in [2.24, 2.45) is 0 Å². The van der Waals surface area contributed by atoms with E-state index in [0.717, 1.165) is 12.2 Å². The first-order valence-corrected chi connectivity index (χ1v) is 12.3. The lowest BCUT2D eigenvalue weighted by atomic mass is 10.3. The third-order valence-electron chi connectivity index (χ3n) is 4.91. The third-order valence-corrected chi connectivity index (χ3v) is 9.22. The number of carboxylic acids is 1. The summed E-state index contributed by atoms with van der Waals surface area (Å²) >= 11 is 0. The van der Waals surface area contributed by atoms with Gasteiger partial charge in [0.1, 0.15) is 23.2 Å². The summed E-state index contributed by atoms with van der Waals surface area (Å²) in [5, 5.41) is 13.6. The number of aliphatic carboxylic acids is 1. The van der Waals surface area contributed by atoms with Gasteiger partial charge >= 0.3 is 5.97 Å². The lowest BCUT2D eigenvalue weighted by Crippen LogP contribution is -2.39. The fourth-order valence-electron chi connectivity index (χ4n) is 3.79. The van der Waals surface area contributed by atoms with Gasteiger partial charge in [0.2, 0.25) is 0 Å². The van der Waals surface area contributed by atoms with Gasteiger partial charge in [0.25, 0.3) is 0 Å². The Kier molecular flexibility index (Phi) is 8.12. The lowest BCUT2D eigenvalue weighted by molar-refractivity contribution is -0.302. The van der Waals surface area contributed by atoms with E-state index in [4.69, 9.17) is 14.6 Å². The summed E-state index contributed by atoms with van der Waals surface area (Å²) in [4.78, 5) is 20.8. The standard InChI is InChI=1S/C26H22O2P.C2H4O2/c1-21(27)28-25-19-11-12-20-26(25)29(22-13-5-2-6-14-22,23-15-7-3-8-16-23)24-17-9-4-10-18-24;1-2(3)4/h2-20H,1H3;1H3,(H,3,4)/q+1;/p-1. The summed E-state index contributed by atoms with van der Waals surface area (Å²) in [6.07, 6.45) is 0. The van der Waals surface area contributed by atoms with E-state index in [1.54, 1.807) is 0 Å². The molecule has 0 saturated heterocycles. The Morgan fingerprint density at radius 1 is 0.606 bits per heavy atom. The molecule has 0 amide bonds. The Morgan fingerprint density at radius 2 is 0.939 bits per heavy atom. The topological polar surface area (TPSA) is 66.4 Å². The first-order chi connectivity index (χ1) is 16.0. The Labute approximate surface area is 194 Å². The van der Waals surface area contributed by atoms with Crippen molar-refractivity contribution in [1.82, 2.24) is 0 Å². The minimum atomic E-state index is -2.28. The summed E-state index contributed by atoms with van der Waals surface area (Å²) in [7, 11) is -2.28. The van der Waals surface area contributed by atoms with Crippen molar-refractivity contribution in [3.8, 4) is 5.75 Å². The van der Waals surface area contributed by atoms with Gasteiger partial charge in [-0.15, -0.1) is 0 Å². The molecule has 0 aromatic heterocycles. The monoisotopic (exact) mass is 456 g/mol. The average Bonchev–Trinajstić information content (AvgIpc) is 2.82. The van der Waals surface area contributed by atoms with E-state index in [1.165, 1.54) is 22.8 Å². The van der Waals surface area contributed by atoms with Crippen molar-refractivity contribution in [3.05, 3.63) is 115 Å². The second-order valence-corrected chi connectivity index (χ2v) is 10.6. The fraction of sp³-hybridized carbons (Fsp3) is 0.0714. The van der Waals surface area contributed by atoms with Crippen LogP contribution in [0.3, 0.4) is 0 Å². The minimum Gasteiger partial charge on any atom is -0.550 e. The molecule has 0 unspecified atom stereocenters. The van der Waals surface area contributed by atoms with Gasteiger partial charge in [-0.2, -0.15) is 0 Å². The number of carbonyl (C=O) groups excluding carboxylic acids is 2. The van der Waals surface area contributed by atoms with Crippen LogP contribution >= 0.6 is 7.26 Å². The largest absolute Gasteiger partial charge is 0.550 e. The first kappa shape index (κ1) is 23.9. The zero-order valence-electron chi connectivity index (χ0n) is 18.5. The molecular formula is C28H25O4P. The van der Waals surface area contributed by atoms with Crippen molar-refractivity contribution < 1.29 is 19.4 Å².